The van der Waals surface area contributed by atoms with Gasteiger partial charge in [-0.2, -0.15) is 5.10 Å². The van der Waals surface area contributed by atoms with Gasteiger partial charge in [0.25, 0.3) is 0 Å². The molecule has 12 heteroatoms. The molecule has 0 bridgehead atoms. The van der Waals surface area contributed by atoms with Gasteiger partial charge in [0.2, 0.25) is 5.91 Å². The summed E-state index contributed by atoms with van der Waals surface area (Å²) in [5.74, 6) is -0.0367. The summed E-state index contributed by atoms with van der Waals surface area (Å²) in [6, 6.07) is 8.35. The normalized spacial score (nSPS) is 17.1. The lowest BCUT2D eigenvalue weighted by molar-refractivity contribution is -0.138. The second-order valence-electron chi connectivity index (χ2n) is 9.49. The predicted molar refractivity (Wildman–Crippen MR) is 143 cm³/mol. The highest BCUT2D eigenvalue weighted by Crippen LogP contribution is 2.38. The molecule has 5 heterocycles. The van der Waals surface area contributed by atoms with Crippen LogP contribution in [-0.2, 0) is 9.59 Å². The molecule has 1 fully saturated rings. The standard InChI is InChI=1S/C27H25N7O5/c1-14-31-24-18-5-3-4-6-20(18)39-25(24)26(32-14)34-13-15(7-19(34)27(36)37)8-22(35)33-17-9-21(38-2)23(28-12-17)16-10-29-30-11-16/h3-6,9-12,15,19H,7-8,13H2,1-2H3,(H,29,30)(H,33,35)(H,36,37)/t15-,19+/m1/s1. The van der Waals surface area contributed by atoms with Crippen LogP contribution in [0.2, 0.25) is 0 Å². The van der Waals surface area contributed by atoms with Gasteiger partial charge in [0, 0.05) is 36.2 Å². The molecule has 6 rings (SSSR count). The number of fused-ring (bicyclic) bond motifs is 3. The number of nitrogens with one attached hydrogen (secondary N) is 2. The number of methoxy groups -OCH3 is 1. The van der Waals surface area contributed by atoms with E-state index in [9.17, 15) is 14.7 Å². The fourth-order valence-corrected chi connectivity index (χ4v) is 5.16. The average molecular weight is 528 g/mol. The Hall–Kier alpha value is -5.00. The molecule has 1 amide bonds. The lowest BCUT2D eigenvalue weighted by Crippen LogP contribution is -2.36. The first-order valence-corrected chi connectivity index (χ1v) is 12.4. The number of hydrogen-bond acceptors (Lipinski definition) is 9. The zero-order valence-electron chi connectivity index (χ0n) is 21.2. The summed E-state index contributed by atoms with van der Waals surface area (Å²) in [7, 11) is 1.53. The predicted octanol–water partition coefficient (Wildman–Crippen LogP) is 3.79. The number of aromatic amines is 1. The number of H-pyrrole nitrogens is 1. The van der Waals surface area contributed by atoms with E-state index >= 15 is 0 Å². The average Bonchev–Trinajstić information content (AvgIpc) is 3.67. The third-order valence-electron chi connectivity index (χ3n) is 6.86. The van der Waals surface area contributed by atoms with Crippen LogP contribution in [0, 0.1) is 12.8 Å². The van der Waals surface area contributed by atoms with Gasteiger partial charge >= 0.3 is 5.97 Å². The molecule has 2 atom stereocenters. The number of aromatic nitrogens is 5. The number of ether oxygens (including phenoxy) is 1. The monoisotopic (exact) mass is 527 g/mol. The molecule has 198 valence electrons. The molecular formula is C27H25N7O5. The van der Waals surface area contributed by atoms with Crippen molar-refractivity contribution < 1.29 is 23.8 Å². The van der Waals surface area contributed by atoms with Gasteiger partial charge in [-0.05, 0) is 31.4 Å². The number of furan rings is 1. The van der Waals surface area contributed by atoms with E-state index in [1.165, 1.54) is 7.11 Å². The van der Waals surface area contributed by atoms with E-state index in [0.717, 1.165) is 10.9 Å². The number of carbonyl (C=O) groups is 2. The number of aryl methyl sites for hydroxylation is 1. The number of rotatable bonds is 7. The zero-order chi connectivity index (χ0) is 27.1. The molecule has 39 heavy (non-hydrogen) atoms. The summed E-state index contributed by atoms with van der Waals surface area (Å²) in [5.41, 5.74) is 3.56. The van der Waals surface area contributed by atoms with Crippen LogP contribution in [0.1, 0.15) is 18.7 Å². The Balaban J connectivity index is 1.23. The molecule has 1 saturated heterocycles. The summed E-state index contributed by atoms with van der Waals surface area (Å²) in [6.07, 6.45) is 5.29. The topological polar surface area (TPSA) is 159 Å². The van der Waals surface area contributed by atoms with Crippen LogP contribution in [0.15, 0.2) is 53.3 Å². The van der Waals surface area contributed by atoms with Crippen molar-refractivity contribution in [3.8, 4) is 17.0 Å². The number of carbonyl (C=O) groups excluding carboxylic acids is 1. The van der Waals surface area contributed by atoms with Crippen molar-refractivity contribution in [2.75, 3.05) is 23.9 Å². The molecule has 1 aromatic carbocycles. The summed E-state index contributed by atoms with van der Waals surface area (Å²) < 4.78 is 11.5. The molecule has 1 aliphatic rings. The number of benzene rings is 1. The second kappa shape index (κ2) is 9.71. The molecule has 5 aromatic rings. The highest BCUT2D eigenvalue weighted by molar-refractivity contribution is 6.06. The van der Waals surface area contributed by atoms with Crippen LogP contribution in [-0.4, -0.2) is 61.8 Å². The lowest BCUT2D eigenvalue weighted by atomic mass is 10.0. The first-order chi connectivity index (χ1) is 18.9. The number of amides is 1. The summed E-state index contributed by atoms with van der Waals surface area (Å²) in [4.78, 5) is 40.5. The number of para-hydroxylation sites is 1. The fraction of sp³-hybridized carbons (Fsp3) is 0.259. The second-order valence-corrected chi connectivity index (χ2v) is 9.49. The molecule has 0 unspecified atom stereocenters. The van der Waals surface area contributed by atoms with Crippen LogP contribution < -0.4 is 15.0 Å². The van der Waals surface area contributed by atoms with E-state index in [1.807, 2.05) is 24.3 Å². The number of carboxylic acid groups (broad SMARTS) is 1. The zero-order valence-corrected chi connectivity index (χ0v) is 21.2. The maximum absolute atomic E-state index is 13.0. The van der Waals surface area contributed by atoms with E-state index in [0.29, 0.717) is 52.0 Å². The number of carboxylic acids is 1. The third-order valence-corrected chi connectivity index (χ3v) is 6.86. The lowest BCUT2D eigenvalue weighted by Gasteiger charge is -2.22. The number of nitrogens with zero attached hydrogens (tertiary/aromatic N) is 5. The van der Waals surface area contributed by atoms with Crippen LogP contribution >= 0.6 is 0 Å². The quantitative estimate of drug-likeness (QED) is 0.284. The van der Waals surface area contributed by atoms with Crippen molar-refractivity contribution >= 4 is 45.5 Å². The van der Waals surface area contributed by atoms with Gasteiger partial charge in [-0.15, -0.1) is 0 Å². The van der Waals surface area contributed by atoms with Gasteiger partial charge in [0.15, 0.2) is 11.4 Å². The molecule has 0 aliphatic carbocycles. The van der Waals surface area contributed by atoms with E-state index in [-0.39, 0.29) is 24.7 Å². The molecule has 0 radical (unpaired) electrons. The Labute approximate surface area is 222 Å². The number of pyridine rings is 1. The number of anilines is 2. The Morgan fingerprint density at radius 3 is 2.87 bits per heavy atom. The van der Waals surface area contributed by atoms with Crippen LogP contribution in [0.3, 0.4) is 0 Å². The molecule has 4 aromatic heterocycles. The number of hydrogen-bond donors (Lipinski definition) is 3. The van der Waals surface area contributed by atoms with E-state index in [2.05, 4.69) is 30.5 Å². The Morgan fingerprint density at radius 2 is 2.10 bits per heavy atom. The van der Waals surface area contributed by atoms with E-state index < -0.39 is 12.0 Å². The minimum atomic E-state index is -0.984. The number of aliphatic carboxylic acids is 1. The maximum atomic E-state index is 13.0. The van der Waals surface area contributed by atoms with E-state index in [4.69, 9.17) is 9.15 Å². The van der Waals surface area contributed by atoms with Gasteiger partial charge in [-0.25, -0.2) is 14.8 Å². The van der Waals surface area contributed by atoms with Crippen molar-refractivity contribution in [1.82, 2.24) is 25.1 Å². The highest BCUT2D eigenvalue weighted by atomic mass is 16.5. The molecule has 1 aliphatic heterocycles. The van der Waals surface area contributed by atoms with Crippen molar-refractivity contribution in [3.05, 3.63) is 54.7 Å². The van der Waals surface area contributed by atoms with Gasteiger partial charge in [0.05, 0.1) is 25.2 Å². The van der Waals surface area contributed by atoms with Gasteiger partial charge in [0.1, 0.15) is 34.4 Å². The molecular weight excluding hydrogens is 502 g/mol. The van der Waals surface area contributed by atoms with Crippen LogP contribution in [0.4, 0.5) is 11.5 Å². The smallest absolute Gasteiger partial charge is 0.326 e. The Morgan fingerprint density at radius 1 is 1.26 bits per heavy atom. The van der Waals surface area contributed by atoms with Crippen molar-refractivity contribution in [2.24, 2.45) is 5.92 Å². The largest absolute Gasteiger partial charge is 0.494 e. The maximum Gasteiger partial charge on any atom is 0.326 e. The van der Waals surface area contributed by atoms with E-state index in [1.54, 1.807) is 36.5 Å². The third kappa shape index (κ3) is 4.49. The summed E-state index contributed by atoms with van der Waals surface area (Å²) in [5, 5.41) is 20.4. The van der Waals surface area contributed by atoms with Crippen LogP contribution in [0.5, 0.6) is 5.75 Å². The molecule has 3 N–H and O–H groups in total. The molecule has 12 nitrogen and oxygen atoms in total. The Bertz CT molecular complexity index is 1700. The SMILES string of the molecule is COc1cc(NC(=O)C[C@H]2C[C@@H](C(=O)O)N(c3nc(C)nc4c3oc3ccccc34)C2)cnc1-c1cn[nH]c1. The molecule has 0 saturated carbocycles. The molecule has 0 spiro atoms. The summed E-state index contributed by atoms with van der Waals surface area (Å²) >= 11 is 0. The first kappa shape index (κ1) is 24.3. The van der Waals surface area contributed by atoms with Crippen molar-refractivity contribution in [1.29, 1.82) is 0 Å². The van der Waals surface area contributed by atoms with Gasteiger partial charge < -0.3 is 24.5 Å². The van der Waals surface area contributed by atoms with Gasteiger partial charge in [-0.3, -0.25) is 14.9 Å². The Kier molecular flexibility index (Phi) is 6.06. The highest BCUT2D eigenvalue weighted by Gasteiger charge is 2.40. The minimum Gasteiger partial charge on any atom is -0.494 e. The first-order valence-electron chi connectivity index (χ1n) is 12.4. The minimum absolute atomic E-state index is 0.124. The van der Waals surface area contributed by atoms with Gasteiger partial charge in [-0.1, -0.05) is 12.1 Å². The van der Waals surface area contributed by atoms with Crippen molar-refractivity contribution in [2.45, 2.75) is 25.8 Å². The summed E-state index contributed by atoms with van der Waals surface area (Å²) in [6.45, 7) is 2.09. The van der Waals surface area contributed by atoms with Crippen molar-refractivity contribution in [3.63, 3.8) is 0 Å². The fourth-order valence-electron chi connectivity index (χ4n) is 5.16. The van der Waals surface area contributed by atoms with Crippen LogP contribution in [0.25, 0.3) is 33.3 Å².